The number of piperidine rings is 1. The Morgan fingerprint density at radius 2 is 1.92 bits per heavy atom. The molecule has 0 aliphatic carbocycles. The van der Waals surface area contributed by atoms with Crippen LogP contribution < -0.4 is 9.47 Å². The number of likely N-dealkylation sites (N-methyl/N-ethyl adjacent to an activating group) is 1. The van der Waals surface area contributed by atoms with Crippen molar-refractivity contribution in [2.45, 2.75) is 57.2 Å². The van der Waals surface area contributed by atoms with Crippen LogP contribution in [0.25, 0.3) is 11.0 Å². The zero-order valence-corrected chi connectivity index (χ0v) is 27.0. The molecule has 254 valence electrons. The third-order valence-corrected chi connectivity index (χ3v) is 8.80. The molecule has 5 heterocycles. The van der Waals surface area contributed by atoms with Crippen molar-refractivity contribution in [3.8, 4) is 17.4 Å². The number of halogens is 3. The van der Waals surface area contributed by atoms with Crippen molar-refractivity contribution in [1.29, 1.82) is 0 Å². The number of aromatic amines is 1. The Bertz CT molecular complexity index is 1840. The molecule has 1 saturated heterocycles. The fourth-order valence-electron chi connectivity index (χ4n) is 6.20. The van der Waals surface area contributed by atoms with Crippen LogP contribution in [-0.4, -0.2) is 99.1 Å². The Labute approximate surface area is 275 Å². The number of aliphatic hydroxyl groups is 1. The van der Waals surface area contributed by atoms with Gasteiger partial charge in [0.2, 0.25) is 11.8 Å². The van der Waals surface area contributed by atoms with Crippen molar-refractivity contribution in [2.75, 3.05) is 34.2 Å². The second-order valence-corrected chi connectivity index (χ2v) is 12.7. The molecule has 3 aromatic heterocycles. The second kappa shape index (κ2) is 13.1. The van der Waals surface area contributed by atoms with E-state index in [-0.39, 0.29) is 42.9 Å². The van der Waals surface area contributed by atoms with Gasteiger partial charge in [0.05, 0.1) is 11.8 Å². The number of rotatable bonds is 7. The maximum Gasteiger partial charge on any atom is 0.421 e. The number of H-pyrrole nitrogens is 1. The van der Waals surface area contributed by atoms with Gasteiger partial charge in [-0.05, 0) is 73.8 Å². The number of alkyl halides is 3. The molecule has 1 fully saturated rings. The van der Waals surface area contributed by atoms with E-state index in [1.807, 2.05) is 37.1 Å². The number of carbonyl (C=O) groups is 2. The van der Waals surface area contributed by atoms with Gasteiger partial charge in [-0.15, -0.1) is 0 Å². The van der Waals surface area contributed by atoms with Crippen LogP contribution in [0.3, 0.4) is 0 Å². The van der Waals surface area contributed by atoms with E-state index < -0.39 is 29.8 Å². The molecular formula is C34H37F3N6O5. The average molecular weight is 667 g/mol. The third-order valence-electron chi connectivity index (χ3n) is 8.80. The number of amides is 2. The lowest BCUT2D eigenvalue weighted by Crippen LogP contribution is -2.47. The van der Waals surface area contributed by atoms with Gasteiger partial charge in [-0.1, -0.05) is 6.07 Å². The van der Waals surface area contributed by atoms with Gasteiger partial charge in [0, 0.05) is 52.2 Å². The summed E-state index contributed by atoms with van der Waals surface area (Å²) in [6.45, 7) is 3.00. The van der Waals surface area contributed by atoms with Crippen LogP contribution in [0, 0.1) is 0 Å². The number of carbonyl (C=O) groups excluding carboxylic acids is 2. The number of nitrogens with one attached hydrogen (secondary N) is 1. The van der Waals surface area contributed by atoms with Gasteiger partial charge in [-0.3, -0.25) is 9.59 Å². The number of ether oxygens (including phenoxy) is 2. The molecule has 0 unspecified atom stereocenters. The summed E-state index contributed by atoms with van der Waals surface area (Å²) in [5, 5.41) is 11.0. The quantitative estimate of drug-likeness (QED) is 0.297. The molecule has 1 aromatic carbocycles. The molecule has 2 amide bonds. The predicted molar refractivity (Wildman–Crippen MR) is 170 cm³/mol. The van der Waals surface area contributed by atoms with Gasteiger partial charge in [0.15, 0.2) is 0 Å². The molecule has 0 spiro atoms. The highest BCUT2D eigenvalue weighted by Gasteiger charge is 2.38. The molecule has 2 aliphatic rings. The Kier molecular flexibility index (Phi) is 9.05. The molecule has 3 atom stereocenters. The van der Waals surface area contributed by atoms with E-state index >= 15 is 0 Å². The molecule has 2 aliphatic heterocycles. The first-order valence-electron chi connectivity index (χ1n) is 15.6. The number of nitrogens with zero attached hydrogens (tertiary/aromatic N) is 5. The number of benzene rings is 1. The normalized spacial score (nSPS) is 20.0. The van der Waals surface area contributed by atoms with Crippen LogP contribution >= 0.6 is 0 Å². The highest BCUT2D eigenvalue weighted by atomic mass is 19.4. The number of hydrogen-bond donors (Lipinski definition) is 2. The number of aliphatic hydroxyl groups excluding tert-OH is 1. The summed E-state index contributed by atoms with van der Waals surface area (Å²) in [5.41, 5.74) is 1.81. The molecular weight excluding hydrogens is 629 g/mol. The lowest BCUT2D eigenvalue weighted by atomic mass is 9.94. The first-order valence-corrected chi connectivity index (χ1v) is 15.6. The number of hydrogen-bond acceptors (Lipinski definition) is 8. The highest BCUT2D eigenvalue weighted by molar-refractivity contribution is 5.98. The number of pyridine rings is 2. The van der Waals surface area contributed by atoms with Crippen molar-refractivity contribution in [3.05, 3.63) is 76.7 Å². The van der Waals surface area contributed by atoms with E-state index in [1.165, 1.54) is 11.1 Å². The number of likely N-dealkylation sites (tertiary alicyclic amines) is 1. The Morgan fingerprint density at radius 1 is 1.12 bits per heavy atom. The van der Waals surface area contributed by atoms with E-state index in [0.29, 0.717) is 47.6 Å². The molecule has 6 rings (SSSR count). The number of fused-ring (bicyclic) bond motifs is 2. The maximum absolute atomic E-state index is 14.1. The van der Waals surface area contributed by atoms with E-state index in [2.05, 4.69) is 15.0 Å². The first kappa shape index (κ1) is 33.2. The monoisotopic (exact) mass is 666 g/mol. The van der Waals surface area contributed by atoms with Gasteiger partial charge in [-0.2, -0.15) is 13.2 Å². The van der Waals surface area contributed by atoms with Crippen LogP contribution in [0.2, 0.25) is 0 Å². The highest BCUT2D eigenvalue weighted by Crippen LogP contribution is 2.37. The van der Waals surface area contributed by atoms with Crippen molar-refractivity contribution in [3.63, 3.8) is 0 Å². The fraction of sp³-hybridized carbons (Fsp3) is 0.412. The molecule has 14 heteroatoms. The van der Waals surface area contributed by atoms with Crippen LogP contribution in [-0.2, 0) is 30.4 Å². The molecule has 48 heavy (non-hydrogen) atoms. The topological polar surface area (TPSA) is 124 Å². The third kappa shape index (κ3) is 6.95. The number of aromatic nitrogens is 3. The van der Waals surface area contributed by atoms with Crippen LogP contribution in [0.1, 0.15) is 46.1 Å². The van der Waals surface area contributed by atoms with Crippen LogP contribution in [0.5, 0.6) is 17.4 Å². The van der Waals surface area contributed by atoms with Crippen molar-refractivity contribution >= 4 is 22.8 Å². The Morgan fingerprint density at radius 3 is 2.65 bits per heavy atom. The molecule has 11 nitrogen and oxygen atoms in total. The minimum atomic E-state index is -4.77. The Balaban J connectivity index is 1.18. The van der Waals surface area contributed by atoms with Crippen molar-refractivity contribution < 1.29 is 37.3 Å². The maximum atomic E-state index is 14.1. The zero-order chi connectivity index (χ0) is 34.3. The fourth-order valence-corrected chi connectivity index (χ4v) is 6.20. The second-order valence-electron chi connectivity index (χ2n) is 12.7. The first-order chi connectivity index (χ1) is 22.8. The van der Waals surface area contributed by atoms with Crippen LogP contribution in [0.15, 0.2) is 48.8 Å². The minimum Gasteiger partial charge on any atom is -0.471 e. The standard InChI is InChI=1S/C34H37F3N6O5/c1-19-11-21-5-6-23(47-28-7-9-38-31-24(28)15-26(40-31)33(46)41(2)3)14-22(21)17-43(19)30(45)13-20-12-25(34(35,36)37)32(39-16-20)48-29-8-10-42(4)18-27(29)44/h5-7,9,12,14-16,19,27,29,44H,8,10-11,13,17-18H2,1-4H3,(H,38,40)/t19-,27+,29-/m1/s1. The van der Waals surface area contributed by atoms with Crippen molar-refractivity contribution in [1.82, 2.24) is 29.7 Å². The number of β-amino-alcohol motifs (C(OH)–C–C–N with tert-alkyl or cyclic N) is 1. The molecule has 0 saturated carbocycles. The summed E-state index contributed by atoms with van der Waals surface area (Å²) < 4.78 is 54.1. The lowest BCUT2D eigenvalue weighted by Gasteiger charge is -2.35. The van der Waals surface area contributed by atoms with E-state index in [4.69, 9.17) is 9.47 Å². The summed E-state index contributed by atoms with van der Waals surface area (Å²) >= 11 is 0. The minimum absolute atomic E-state index is 0.110. The van der Waals surface area contributed by atoms with E-state index in [1.54, 1.807) is 37.3 Å². The summed E-state index contributed by atoms with van der Waals surface area (Å²) in [7, 11) is 5.13. The predicted octanol–water partition coefficient (Wildman–Crippen LogP) is 4.43. The van der Waals surface area contributed by atoms with Gasteiger partial charge >= 0.3 is 6.18 Å². The van der Waals surface area contributed by atoms with Crippen molar-refractivity contribution in [2.24, 2.45) is 0 Å². The van der Waals surface area contributed by atoms with Gasteiger partial charge in [0.25, 0.3) is 5.91 Å². The molecule has 0 radical (unpaired) electrons. The molecule has 0 bridgehead atoms. The van der Waals surface area contributed by atoms with Gasteiger partial charge in [0.1, 0.15) is 40.6 Å². The summed E-state index contributed by atoms with van der Waals surface area (Å²) in [6.07, 6.45) is -3.09. The average Bonchev–Trinajstić information content (AvgIpc) is 3.47. The summed E-state index contributed by atoms with van der Waals surface area (Å²) in [6, 6.07) is 9.74. The summed E-state index contributed by atoms with van der Waals surface area (Å²) in [5.74, 6) is -0.123. The molecule has 4 aromatic rings. The zero-order valence-electron chi connectivity index (χ0n) is 27.0. The molecule has 2 N–H and O–H groups in total. The largest absolute Gasteiger partial charge is 0.471 e. The summed E-state index contributed by atoms with van der Waals surface area (Å²) in [4.78, 5) is 42.3. The smallest absolute Gasteiger partial charge is 0.421 e. The van der Waals surface area contributed by atoms with Crippen LogP contribution in [0.4, 0.5) is 13.2 Å². The SMILES string of the molecule is C[C@@H]1Cc2ccc(Oc3ccnc4[nH]c(C(=O)N(C)C)cc34)cc2CN1C(=O)Cc1cnc(O[C@@H]2CCN(C)C[C@@H]2O)c(C(F)(F)F)c1. The van der Waals surface area contributed by atoms with E-state index in [0.717, 1.165) is 17.2 Å². The lowest BCUT2D eigenvalue weighted by molar-refractivity contribution is -0.141. The Hall–Kier alpha value is -4.69. The van der Waals surface area contributed by atoms with Gasteiger partial charge < -0.3 is 34.3 Å². The van der Waals surface area contributed by atoms with Gasteiger partial charge in [-0.25, -0.2) is 9.97 Å². The van der Waals surface area contributed by atoms with E-state index in [9.17, 15) is 27.9 Å².